The summed E-state index contributed by atoms with van der Waals surface area (Å²) in [7, 11) is 0. The van der Waals surface area contributed by atoms with Crippen molar-refractivity contribution in [2.45, 2.75) is 44.8 Å². The lowest BCUT2D eigenvalue weighted by molar-refractivity contribution is -0.149. The van der Waals surface area contributed by atoms with Crippen LogP contribution >= 0.6 is 0 Å². The van der Waals surface area contributed by atoms with Crippen LogP contribution in [0.5, 0.6) is 0 Å². The molecule has 3 fully saturated rings. The van der Waals surface area contributed by atoms with Gasteiger partial charge < -0.3 is 19.7 Å². The molecule has 0 amide bonds. The molecule has 0 bridgehead atoms. The normalized spacial score (nSPS) is 36.6. The summed E-state index contributed by atoms with van der Waals surface area (Å²) in [5.74, 6) is -0.890. The Morgan fingerprint density at radius 3 is 2.78 bits per heavy atom. The molecule has 0 unspecified atom stereocenters. The summed E-state index contributed by atoms with van der Waals surface area (Å²) in [6.45, 7) is 5.17. The van der Waals surface area contributed by atoms with Crippen LogP contribution in [0.1, 0.15) is 32.6 Å². The van der Waals surface area contributed by atoms with Crippen LogP contribution in [0.2, 0.25) is 0 Å². The molecule has 3 aliphatic carbocycles. The zero-order valence-electron chi connectivity index (χ0n) is 15.5. The van der Waals surface area contributed by atoms with Gasteiger partial charge in [0.2, 0.25) is 0 Å². The highest BCUT2D eigenvalue weighted by molar-refractivity contribution is 5.92. The Morgan fingerprint density at radius 1 is 1.41 bits per heavy atom. The first kappa shape index (κ1) is 18.4. The van der Waals surface area contributed by atoms with E-state index >= 15 is 0 Å². The van der Waals surface area contributed by atoms with Gasteiger partial charge >= 0.3 is 11.9 Å². The van der Waals surface area contributed by atoms with Crippen LogP contribution in [-0.4, -0.2) is 47.6 Å². The summed E-state index contributed by atoms with van der Waals surface area (Å²) in [5.41, 5.74) is 1.74. The zero-order valence-corrected chi connectivity index (χ0v) is 15.5. The van der Waals surface area contributed by atoms with E-state index in [-0.39, 0.29) is 35.5 Å². The van der Waals surface area contributed by atoms with Gasteiger partial charge in [-0.05, 0) is 50.0 Å². The molecule has 2 N–H and O–H groups in total. The van der Waals surface area contributed by atoms with Gasteiger partial charge in [0.05, 0.1) is 24.7 Å². The van der Waals surface area contributed by atoms with Gasteiger partial charge in [-0.25, -0.2) is 9.59 Å². The van der Waals surface area contributed by atoms with Crippen LogP contribution in [0.3, 0.4) is 0 Å². The Balaban J connectivity index is 1.68. The quantitative estimate of drug-likeness (QED) is 0.442. The van der Waals surface area contributed by atoms with Crippen molar-refractivity contribution in [2.24, 2.45) is 23.2 Å². The van der Waals surface area contributed by atoms with Gasteiger partial charge in [-0.3, -0.25) is 0 Å². The predicted molar refractivity (Wildman–Crippen MR) is 96.3 cm³/mol. The maximum absolute atomic E-state index is 12.5. The lowest BCUT2D eigenvalue weighted by atomic mass is 9.76. The molecule has 5 atom stereocenters. The van der Waals surface area contributed by atoms with E-state index in [0.717, 1.165) is 19.3 Å². The van der Waals surface area contributed by atoms with E-state index in [0.29, 0.717) is 17.9 Å². The van der Waals surface area contributed by atoms with Crippen LogP contribution in [0.4, 0.5) is 0 Å². The fourth-order valence-corrected chi connectivity index (χ4v) is 5.44. The van der Waals surface area contributed by atoms with E-state index in [2.05, 4.69) is 19.6 Å². The Bertz CT molecular complexity index is 744. The molecule has 4 rings (SSSR count). The Kier molecular flexibility index (Phi) is 4.51. The number of ether oxygens (including phenoxy) is 2. The minimum Gasteiger partial charge on any atom is -0.458 e. The van der Waals surface area contributed by atoms with Gasteiger partial charge in [0.15, 0.2) is 0 Å². The molecule has 0 aromatic carbocycles. The molecule has 1 heterocycles. The predicted octanol–water partition coefficient (Wildman–Crippen LogP) is 1.67. The Morgan fingerprint density at radius 2 is 2.15 bits per heavy atom. The molecule has 6 heteroatoms. The van der Waals surface area contributed by atoms with Crippen LogP contribution in [0.25, 0.3) is 0 Å². The fourth-order valence-electron chi connectivity index (χ4n) is 5.44. The lowest BCUT2D eigenvalue weighted by Gasteiger charge is -2.30. The fraction of sp³-hybridized carbons (Fsp3) is 0.619. The molecular formula is C21H26O6. The van der Waals surface area contributed by atoms with E-state index < -0.39 is 24.6 Å². The summed E-state index contributed by atoms with van der Waals surface area (Å²) < 4.78 is 11.5. The molecule has 1 spiro atoms. The summed E-state index contributed by atoms with van der Waals surface area (Å²) in [6, 6.07) is 0. The highest BCUT2D eigenvalue weighted by atomic mass is 16.6. The average Bonchev–Trinajstić information content (AvgIpc) is 3.24. The molecule has 1 aliphatic heterocycles. The highest BCUT2D eigenvalue weighted by Gasteiger charge is 2.63. The molecule has 27 heavy (non-hydrogen) atoms. The molecule has 1 saturated heterocycles. The number of esters is 2. The van der Waals surface area contributed by atoms with Crippen molar-refractivity contribution < 1.29 is 29.3 Å². The SMILES string of the molecule is C=C1C(=O)O[C@@H]2[C@H]3C(C)=CC[C@H]3C3(CC3)C[C@@H](OC(=O)/C(=C/CO)CO)[C@@H]12. The third-order valence-electron chi connectivity index (χ3n) is 6.98. The van der Waals surface area contributed by atoms with Gasteiger partial charge in [0, 0.05) is 11.5 Å². The number of fused-ring (bicyclic) bond motifs is 4. The maximum atomic E-state index is 12.5. The van der Waals surface area contributed by atoms with Crippen molar-refractivity contribution in [1.82, 2.24) is 0 Å². The summed E-state index contributed by atoms with van der Waals surface area (Å²) in [4.78, 5) is 24.8. The van der Waals surface area contributed by atoms with Crippen LogP contribution < -0.4 is 0 Å². The maximum Gasteiger partial charge on any atom is 0.336 e. The molecular weight excluding hydrogens is 348 g/mol. The van der Waals surface area contributed by atoms with Crippen molar-refractivity contribution in [3.63, 3.8) is 0 Å². The molecule has 146 valence electrons. The second-order valence-corrected chi connectivity index (χ2v) is 8.32. The molecule has 0 aromatic rings. The van der Waals surface area contributed by atoms with Crippen LogP contribution in [0.15, 0.2) is 35.5 Å². The van der Waals surface area contributed by atoms with Gasteiger partial charge in [-0.1, -0.05) is 18.2 Å². The smallest absolute Gasteiger partial charge is 0.336 e. The van der Waals surface area contributed by atoms with Crippen molar-refractivity contribution in [1.29, 1.82) is 0 Å². The van der Waals surface area contributed by atoms with Crippen molar-refractivity contribution >= 4 is 11.9 Å². The molecule has 6 nitrogen and oxygen atoms in total. The summed E-state index contributed by atoms with van der Waals surface area (Å²) >= 11 is 0. The first-order chi connectivity index (χ1) is 12.9. The van der Waals surface area contributed by atoms with Crippen LogP contribution in [0, 0.1) is 23.2 Å². The van der Waals surface area contributed by atoms with Gasteiger partial charge in [0.1, 0.15) is 12.2 Å². The number of aliphatic hydroxyl groups excluding tert-OH is 2. The number of hydrogen-bond acceptors (Lipinski definition) is 6. The van der Waals surface area contributed by atoms with E-state index in [4.69, 9.17) is 14.6 Å². The average molecular weight is 374 g/mol. The number of aliphatic hydroxyl groups is 2. The minimum atomic E-state index is -0.655. The molecule has 4 aliphatic rings. The van der Waals surface area contributed by atoms with Crippen LogP contribution in [-0.2, 0) is 19.1 Å². The largest absolute Gasteiger partial charge is 0.458 e. The number of carbonyl (C=O) groups excluding carboxylic acids is 2. The molecule has 2 saturated carbocycles. The van der Waals surface area contributed by atoms with Gasteiger partial charge in [-0.2, -0.15) is 0 Å². The number of hydrogen-bond donors (Lipinski definition) is 2. The number of allylic oxidation sites excluding steroid dienone is 1. The lowest BCUT2D eigenvalue weighted by Crippen LogP contribution is -2.36. The van der Waals surface area contributed by atoms with Crippen molar-refractivity contribution in [3.8, 4) is 0 Å². The third kappa shape index (κ3) is 2.86. The first-order valence-corrected chi connectivity index (χ1v) is 9.60. The standard InChI is InChI=1S/C21H26O6/c1-11-3-4-14-16(11)18-17(12(2)19(24)27-18)15(9-21(14)6-7-21)26-20(25)13(10-23)5-8-22/h3,5,14-18,22-23H,2,4,6-10H2,1H3/b13-5+/t14-,15-,16+,17-,18-/m1/s1. The molecule has 0 radical (unpaired) electrons. The topological polar surface area (TPSA) is 93.1 Å². The van der Waals surface area contributed by atoms with Crippen molar-refractivity contribution in [3.05, 3.63) is 35.5 Å². The summed E-state index contributed by atoms with van der Waals surface area (Å²) in [6.07, 6.45) is 6.44. The Labute approximate surface area is 158 Å². The molecule has 0 aromatic heterocycles. The van der Waals surface area contributed by atoms with Gasteiger partial charge in [-0.15, -0.1) is 0 Å². The monoisotopic (exact) mass is 374 g/mol. The van der Waals surface area contributed by atoms with Gasteiger partial charge in [0.25, 0.3) is 0 Å². The first-order valence-electron chi connectivity index (χ1n) is 9.60. The third-order valence-corrected chi connectivity index (χ3v) is 6.98. The second kappa shape index (κ2) is 6.60. The number of carbonyl (C=O) groups is 2. The van der Waals surface area contributed by atoms with E-state index in [1.165, 1.54) is 11.6 Å². The summed E-state index contributed by atoms with van der Waals surface area (Å²) in [5, 5.41) is 18.4. The van der Waals surface area contributed by atoms with E-state index in [1.807, 2.05) is 0 Å². The number of rotatable bonds is 4. The van der Waals surface area contributed by atoms with Crippen molar-refractivity contribution in [2.75, 3.05) is 13.2 Å². The van der Waals surface area contributed by atoms with E-state index in [9.17, 15) is 14.7 Å². The zero-order chi connectivity index (χ0) is 19.3. The Hall–Kier alpha value is -1.92. The highest BCUT2D eigenvalue weighted by Crippen LogP contribution is 2.66. The minimum absolute atomic E-state index is 0.0234. The second-order valence-electron chi connectivity index (χ2n) is 8.32. The van der Waals surface area contributed by atoms with E-state index in [1.54, 1.807) is 0 Å².